The minimum Gasteiger partial charge on any atom is -0.381 e. The highest BCUT2D eigenvalue weighted by atomic mass is 32.2. The number of hydrogen-bond donors (Lipinski definition) is 1. The highest BCUT2D eigenvalue weighted by Crippen LogP contribution is 2.36. The van der Waals surface area contributed by atoms with Gasteiger partial charge in [0.15, 0.2) is 0 Å². The average molecular weight is 267 g/mol. The fourth-order valence-electron chi connectivity index (χ4n) is 1.88. The van der Waals surface area contributed by atoms with Crippen molar-refractivity contribution in [2.75, 3.05) is 31.7 Å². The third kappa shape index (κ3) is 3.14. The number of thioether (sulfide) groups is 1. The average Bonchev–Trinajstić information content (AvgIpc) is 2.35. The number of nitrogens with one attached hydrogen (secondary N) is 1. The van der Waals surface area contributed by atoms with Crippen molar-refractivity contribution in [1.29, 1.82) is 0 Å². The van der Waals surface area contributed by atoms with Crippen LogP contribution < -0.4 is 5.32 Å². The zero-order valence-corrected chi connectivity index (χ0v) is 11.4. The fraction of sp³-hybridized carbons (Fsp3) is 0.500. The van der Waals surface area contributed by atoms with Gasteiger partial charge in [-0.3, -0.25) is 10.1 Å². The number of non-ortho nitro benzene ring substituents is 1. The summed E-state index contributed by atoms with van der Waals surface area (Å²) in [6.07, 6.45) is 1.08. The number of nitrogens with zero attached hydrogens (tertiary/aromatic N) is 2. The number of anilines is 1. The molecule has 0 saturated heterocycles. The van der Waals surface area contributed by atoms with E-state index in [2.05, 4.69) is 24.3 Å². The van der Waals surface area contributed by atoms with Crippen molar-refractivity contribution in [3.63, 3.8) is 0 Å². The molecule has 1 aromatic carbocycles. The lowest BCUT2D eigenvalue weighted by Crippen LogP contribution is -2.30. The second-order valence-electron chi connectivity index (χ2n) is 4.68. The Hall–Kier alpha value is -1.27. The zero-order chi connectivity index (χ0) is 13.1. The minimum absolute atomic E-state index is 0.162. The van der Waals surface area contributed by atoms with E-state index >= 15 is 0 Å². The Labute approximate surface area is 111 Å². The minimum atomic E-state index is -0.348. The van der Waals surface area contributed by atoms with Crippen LogP contribution in [-0.2, 0) is 0 Å². The molecule has 1 unspecified atom stereocenters. The van der Waals surface area contributed by atoms with Crippen molar-refractivity contribution in [1.82, 2.24) is 4.90 Å². The van der Waals surface area contributed by atoms with Crippen LogP contribution in [0.4, 0.5) is 11.4 Å². The molecule has 0 radical (unpaired) electrons. The predicted molar refractivity (Wildman–Crippen MR) is 74.4 cm³/mol. The maximum Gasteiger partial charge on any atom is 0.270 e. The third-order valence-corrected chi connectivity index (χ3v) is 4.12. The normalized spacial score (nSPS) is 18.3. The van der Waals surface area contributed by atoms with Gasteiger partial charge in [-0.1, -0.05) is 0 Å². The summed E-state index contributed by atoms with van der Waals surface area (Å²) in [6, 6.07) is 5.45. The van der Waals surface area contributed by atoms with Crippen LogP contribution in [0.5, 0.6) is 0 Å². The summed E-state index contributed by atoms with van der Waals surface area (Å²) in [4.78, 5) is 13.5. The van der Waals surface area contributed by atoms with Gasteiger partial charge in [0.2, 0.25) is 0 Å². The first-order valence-electron chi connectivity index (χ1n) is 5.89. The van der Waals surface area contributed by atoms with Gasteiger partial charge in [-0.15, -0.1) is 11.8 Å². The van der Waals surface area contributed by atoms with E-state index in [1.807, 2.05) is 6.07 Å². The van der Waals surface area contributed by atoms with E-state index in [0.29, 0.717) is 6.04 Å². The second-order valence-corrected chi connectivity index (χ2v) is 5.74. The van der Waals surface area contributed by atoms with Crippen LogP contribution in [-0.4, -0.2) is 42.3 Å². The van der Waals surface area contributed by atoms with Crippen molar-refractivity contribution < 1.29 is 4.92 Å². The van der Waals surface area contributed by atoms with Crippen LogP contribution in [0, 0.1) is 10.1 Å². The van der Waals surface area contributed by atoms with E-state index in [-0.39, 0.29) is 10.6 Å². The van der Waals surface area contributed by atoms with Crippen LogP contribution in [0.1, 0.15) is 6.42 Å². The van der Waals surface area contributed by atoms with Gasteiger partial charge in [0.05, 0.1) is 4.92 Å². The Balaban J connectivity index is 2.04. The summed E-state index contributed by atoms with van der Waals surface area (Å²) in [6.45, 7) is 1.04. The third-order valence-electron chi connectivity index (χ3n) is 2.90. The lowest BCUT2D eigenvalue weighted by Gasteiger charge is -2.27. The smallest absolute Gasteiger partial charge is 0.270 e. The molecule has 0 bridgehead atoms. The molecule has 0 aromatic heterocycles. The fourth-order valence-corrected chi connectivity index (χ4v) is 3.00. The molecule has 1 aliphatic heterocycles. The van der Waals surface area contributed by atoms with E-state index in [1.165, 1.54) is 0 Å². The molecule has 0 spiro atoms. The van der Waals surface area contributed by atoms with Gasteiger partial charge < -0.3 is 10.2 Å². The molecule has 1 aliphatic rings. The molecule has 1 N–H and O–H groups in total. The molecule has 1 heterocycles. The topological polar surface area (TPSA) is 58.4 Å². The van der Waals surface area contributed by atoms with Gasteiger partial charge in [0.1, 0.15) is 0 Å². The van der Waals surface area contributed by atoms with Crippen molar-refractivity contribution in [2.24, 2.45) is 0 Å². The Morgan fingerprint density at radius 1 is 1.56 bits per heavy atom. The Morgan fingerprint density at radius 2 is 2.33 bits per heavy atom. The molecule has 6 heteroatoms. The summed E-state index contributed by atoms with van der Waals surface area (Å²) >= 11 is 1.69. The first-order chi connectivity index (χ1) is 8.56. The molecule has 0 saturated carbocycles. The van der Waals surface area contributed by atoms with E-state index in [0.717, 1.165) is 29.3 Å². The van der Waals surface area contributed by atoms with E-state index < -0.39 is 0 Å². The standard InChI is InChI=1S/C12H17N3O2S/c1-14(2)6-5-9-8-18-12-7-10(15(16)17)3-4-11(12)13-9/h3-4,7,9,13H,5-6,8H2,1-2H3. The van der Waals surface area contributed by atoms with Crippen LogP contribution in [0.2, 0.25) is 0 Å². The highest BCUT2D eigenvalue weighted by Gasteiger charge is 2.20. The lowest BCUT2D eigenvalue weighted by molar-refractivity contribution is -0.385. The molecule has 0 amide bonds. The van der Waals surface area contributed by atoms with Crippen LogP contribution in [0.25, 0.3) is 0 Å². The summed E-state index contributed by atoms with van der Waals surface area (Å²) in [7, 11) is 4.13. The number of rotatable bonds is 4. The maximum absolute atomic E-state index is 10.7. The molecule has 2 rings (SSSR count). The molecule has 18 heavy (non-hydrogen) atoms. The summed E-state index contributed by atoms with van der Waals surface area (Å²) in [5.74, 6) is 0.960. The number of nitro benzene ring substituents is 1. The molecular formula is C12H17N3O2S. The molecular weight excluding hydrogens is 250 g/mol. The van der Waals surface area contributed by atoms with Gasteiger partial charge in [-0.25, -0.2) is 0 Å². The van der Waals surface area contributed by atoms with Gasteiger partial charge in [-0.05, 0) is 33.1 Å². The van der Waals surface area contributed by atoms with Crippen molar-refractivity contribution in [3.8, 4) is 0 Å². The van der Waals surface area contributed by atoms with Gasteiger partial charge in [0.25, 0.3) is 5.69 Å². The summed E-state index contributed by atoms with van der Waals surface area (Å²) < 4.78 is 0. The number of fused-ring (bicyclic) bond motifs is 1. The molecule has 1 atom stereocenters. The summed E-state index contributed by atoms with van der Waals surface area (Å²) in [5.41, 5.74) is 1.18. The molecule has 5 nitrogen and oxygen atoms in total. The van der Waals surface area contributed by atoms with Crippen molar-refractivity contribution >= 4 is 23.1 Å². The molecule has 98 valence electrons. The van der Waals surface area contributed by atoms with Gasteiger partial charge >= 0.3 is 0 Å². The van der Waals surface area contributed by atoms with Crippen LogP contribution >= 0.6 is 11.8 Å². The Bertz CT molecular complexity index is 451. The largest absolute Gasteiger partial charge is 0.381 e. The maximum atomic E-state index is 10.7. The van der Waals surface area contributed by atoms with Crippen LogP contribution in [0.3, 0.4) is 0 Å². The zero-order valence-electron chi connectivity index (χ0n) is 10.5. The first kappa shape index (κ1) is 13.2. The quantitative estimate of drug-likeness (QED) is 0.670. The highest BCUT2D eigenvalue weighted by molar-refractivity contribution is 7.99. The lowest BCUT2D eigenvalue weighted by atomic mass is 10.2. The Morgan fingerprint density at radius 3 is 3.00 bits per heavy atom. The molecule has 0 fully saturated rings. The first-order valence-corrected chi connectivity index (χ1v) is 6.87. The SMILES string of the molecule is CN(C)CCC1CSc2cc([N+](=O)[O-])ccc2N1. The Kier molecular flexibility index (Phi) is 4.08. The van der Waals surface area contributed by atoms with Crippen molar-refractivity contribution in [2.45, 2.75) is 17.4 Å². The summed E-state index contributed by atoms with van der Waals surface area (Å²) in [5, 5.41) is 14.1. The monoisotopic (exact) mass is 267 g/mol. The van der Waals surface area contributed by atoms with E-state index in [9.17, 15) is 10.1 Å². The van der Waals surface area contributed by atoms with E-state index in [1.54, 1.807) is 23.9 Å². The van der Waals surface area contributed by atoms with Gasteiger partial charge in [-0.2, -0.15) is 0 Å². The number of nitro groups is 1. The van der Waals surface area contributed by atoms with Crippen molar-refractivity contribution in [3.05, 3.63) is 28.3 Å². The number of benzene rings is 1. The van der Waals surface area contributed by atoms with Gasteiger partial charge in [0, 0.05) is 34.5 Å². The number of hydrogen-bond acceptors (Lipinski definition) is 5. The van der Waals surface area contributed by atoms with E-state index in [4.69, 9.17) is 0 Å². The predicted octanol–water partition coefficient (Wildman–Crippen LogP) is 2.43. The second kappa shape index (κ2) is 5.58. The van der Waals surface area contributed by atoms with Crippen LogP contribution in [0.15, 0.2) is 23.1 Å². The molecule has 0 aliphatic carbocycles. The molecule has 1 aromatic rings.